The molecule has 0 amide bonds. The van der Waals surface area contributed by atoms with Crippen molar-refractivity contribution in [3.63, 3.8) is 0 Å². The summed E-state index contributed by atoms with van der Waals surface area (Å²) in [4.78, 5) is 2.60. The molecule has 0 N–H and O–H groups in total. The number of rotatable bonds is 5. The Balaban J connectivity index is 1.81. The van der Waals surface area contributed by atoms with Crippen molar-refractivity contribution < 1.29 is 0 Å². The Morgan fingerprint density at radius 2 is 1.63 bits per heavy atom. The van der Waals surface area contributed by atoms with Gasteiger partial charge in [0, 0.05) is 6.54 Å². The summed E-state index contributed by atoms with van der Waals surface area (Å²) >= 11 is 0. The van der Waals surface area contributed by atoms with E-state index in [1.165, 1.54) is 49.9 Å². The van der Waals surface area contributed by atoms with E-state index in [4.69, 9.17) is 0 Å². The zero-order valence-electron chi connectivity index (χ0n) is 12.9. The first-order valence-corrected chi connectivity index (χ1v) is 7.93. The second-order valence-electron chi connectivity index (χ2n) is 6.71. The van der Waals surface area contributed by atoms with Crippen LogP contribution in [-0.4, -0.2) is 18.0 Å². The Bertz CT molecular complexity index is 358. The Morgan fingerprint density at radius 3 is 2.21 bits per heavy atom. The van der Waals surface area contributed by atoms with E-state index < -0.39 is 0 Å². The summed E-state index contributed by atoms with van der Waals surface area (Å²) in [6.07, 6.45) is 5.25. The number of piperidine rings is 1. The Morgan fingerprint density at radius 1 is 1.05 bits per heavy atom. The molecule has 2 rings (SSSR count). The van der Waals surface area contributed by atoms with Crippen molar-refractivity contribution in [3.8, 4) is 0 Å². The second-order valence-corrected chi connectivity index (χ2v) is 6.71. The molecular weight excluding hydrogens is 230 g/mol. The molecule has 106 valence electrons. The van der Waals surface area contributed by atoms with Crippen molar-refractivity contribution in [1.82, 2.24) is 4.90 Å². The average molecular weight is 259 g/mol. The van der Waals surface area contributed by atoms with E-state index in [0.717, 1.165) is 18.4 Å². The zero-order chi connectivity index (χ0) is 13.7. The smallest absolute Gasteiger partial charge is 0.0233 e. The van der Waals surface area contributed by atoms with Gasteiger partial charge in [-0.3, -0.25) is 4.90 Å². The van der Waals surface area contributed by atoms with Crippen LogP contribution in [0.25, 0.3) is 0 Å². The lowest BCUT2D eigenvalue weighted by molar-refractivity contribution is 0.185. The molecule has 1 saturated heterocycles. The van der Waals surface area contributed by atoms with Gasteiger partial charge < -0.3 is 0 Å². The van der Waals surface area contributed by atoms with Crippen molar-refractivity contribution in [2.75, 3.05) is 13.1 Å². The maximum Gasteiger partial charge on any atom is 0.0233 e. The van der Waals surface area contributed by atoms with Crippen molar-refractivity contribution in [2.24, 2.45) is 11.8 Å². The highest BCUT2D eigenvalue weighted by Gasteiger charge is 2.15. The van der Waals surface area contributed by atoms with E-state index in [9.17, 15) is 0 Å². The van der Waals surface area contributed by atoms with Gasteiger partial charge >= 0.3 is 0 Å². The molecule has 0 saturated carbocycles. The third-order valence-corrected chi connectivity index (χ3v) is 4.32. The Labute approximate surface area is 119 Å². The van der Waals surface area contributed by atoms with Crippen LogP contribution < -0.4 is 0 Å². The van der Waals surface area contributed by atoms with E-state index in [0.29, 0.717) is 0 Å². The van der Waals surface area contributed by atoms with E-state index >= 15 is 0 Å². The van der Waals surface area contributed by atoms with E-state index in [1.807, 2.05) is 0 Å². The van der Waals surface area contributed by atoms with Gasteiger partial charge in [0.1, 0.15) is 0 Å². The van der Waals surface area contributed by atoms with Crippen LogP contribution >= 0.6 is 0 Å². The number of hydrogen-bond acceptors (Lipinski definition) is 1. The first kappa shape index (κ1) is 14.6. The lowest BCUT2D eigenvalue weighted by atomic mass is 9.98. The summed E-state index contributed by atoms with van der Waals surface area (Å²) in [7, 11) is 0. The average Bonchev–Trinajstić information content (AvgIpc) is 2.40. The summed E-state index contributed by atoms with van der Waals surface area (Å²) < 4.78 is 0. The molecule has 0 bridgehead atoms. The van der Waals surface area contributed by atoms with Gasteiger partial charge in [0.2, 0.25) is 0 Å². The van der Waals surface area contributed by atoms with Crippen LogP contribution in [0.3, 0.4) is 0 Å². The van der Waals surface area contributed by atoms with Crippen LogP contribution in [0, 0.1) is 11.8 Å². The molecular formula is C18H29N. The van der Waals surface area contributed by atoms with Crippen LogP contribution in [0.4, 0.5) is 0 Å². The quantitative estimate of drug-likeness (QED) is 0.752. The molecule has 0 atom stereocenters. The summed E-state index contributed by atoms with van der Waals surface area (Å²) in [6.45, 7) is 10.7. The minimum Gasteiger partial charge on any atom is -0.299 e. The van der Waals surface area contributed by atoms with Gasteiger partial charge in [-0.1, -0.05) is 45.0 Å². The first-order valence-electron chi connectivity index (χ1n) is 7.93. The predicted molar refractivity (Wildman–Crippen MR) is 83.3 cm³/mol. The fourth-order valence-corrected chi connectivity index (χ4v) is 2.75. The van der Waals surface area contributed by atoms with Crippen molar-refractivity contribution in [3.05, 3.63) is 35.4 Å². The molecule has 1 aromatic carbocycles. The number of likely N-dealkylation sites (tertiary alicyclic amines) is 1. The number of benzene rings is 1. The molecule has 0 aliphatic carbocycles. The standard InChI is InChI=1S/C18H29N/c1-15(2)4-5-17-6-8-18(9-7-17)14-19-12-10-16(3)11-13-19/h6-9,15-16H,4-5,10-14H2,1-3H3. The predicted octanol–water partition coefficient (Wildman–Crippen LogP) is 4.51. The molecule has 0 aromatic heterocycles. The molecule has 1 nitrogen and oxygen atoms in total. The highest BCUT2D eigenvalue weighted by molar-refractivity contribution is 5.22. The summed E-state index contributed by atoms with van der Waals surface area (Å²) in [6, 6.07) is 9.30. The summed E-state index contributed by atoms with van der Waals surface area (Å²) in [5.41, 5.74) is 2.97. The highest BCUT2D eigenvalue weighted by atomic mass is 15.1. The van der Waals surface area contributed by atoms with E-state index in [-0.39, 0.29) is 0 Å². The van der Waals surface area contributed by atoms with Crippen LogP contribution in [0.1, 0.15) is 51.2 Å². The Hall–Kier alpha value is -0.820. The fourth-order valence-electron chi connectivity index (χ4n) is 2.75. The van der Waals surface area contributed by atoms with Gasteiger partial charge in [0.25, 0.3) is 0 Å². The molecule has 1 heterocycles. The Kier molecular flexibility index (Phi) is 5.45. The number of hydrogen-bond donors (Lipinski definition) is 0. The van der Waals surface area contributed by atoms with Crippen molar-refractivity contribution in [2.45, 2.75) is 53.0 Å². The van der Waals surface area contributed by atoms with Crippen molar-refractivity contribution in [1.29, 1.82) is 0 Å². The molecule has 0 radical (unpaired) electrons. The second kappa shape index (κ2) is 7.09. The molecule has 1 heteroatoms. The maximum atomic E-state index is 2.60. The van der Waals surface area contributed by atoms with Gasteiger partial charge in [0.05, 0.1) is 0 Å². The first-order chi connectivity index (χ1) is 9.13. The van der Waals surface area contributed by atoms with E-state index in [2.05, 4.69) is 49.9 Å². The fraction of sp³-hybridized carbons (Fsp3) is 0.667. The molecule has 1 aliphatic rings. The van der Waals surface area contributed by atoms with Crippen molar-refractivity contribution >= 4 is 0 Å². The van der Waals surface area contributed by atoms with Gasteiger partial charge in [-0.2, -0.15) is 0 Å². The van der Waals surface area contributed by atoms with Gasteiger partial charge in [-0.05, 0) is 61.7 Å². The minimum absolute atomic E-state index is 0.801. The van der Waals surface area contributed by atoms with Gasteiger partial charge in [-0.25, -0.2) is 0 Å². The van der Waals surface area contributed by atoms with Gasteiger partial charge in [-0.15, -0.1) is 0 Å². The number of nitrogens with zero attached hydrogens (tertiary/aromatic N) is 1. The number of aryl methyl sites for hydroxylation is 1. The third-order valence-electron chi connectivity index (χ3n) is 4.32. The largest absolute Gasteiger partial charge is 0.299 e. The molecule has 19 heavy (non-hydrogen) atoms. The van der Waals surface area contributed by atoms with E-state index in [1.54, 1.807) is 0 Å². The van der Waals surface area contributed by atoms with Crippen LogP contribution in [0.5, 0.6) is 0 Å². The maximum absolute atomic E-state index is 2.60. The third kappa shape index (κ3) is 4.99. The topological polar surface area (TPSA) is 3.24 Å². The molecule has 1 aliphatic heterocycles. The minimum atomic E-state index is 0.801. The van der Waals surface area contributed by atoms with Crippen LogP contribution in [0.2, 0.25) is 0 Å². The lowest BCUT2D eigenvalue weighted by Gasteiger charge is -2.30. The highest BCUT2D eigenvalue weighted by Crippen LogP contribution is 2.18. The summed E-state index contributed by atoms with van der Waals surface area (Å²) in [5, 5.41) is 0. The lowest BCUT2D eigenvalue weighted by Crippen LogP contribution is -2.32. The normalized spacial score (nSPS) is 18.1. The molecule has 1 aromatic rings. The zero-order valence-corrected chi connectivity index (χ0v) is 12.9. The molecule has 0 spiro atoms. The van der Waals surface area contributed by atoms with Crippen LogP contribution in [-0.2, 0) is 13.0 Å². The monoisotopic (exact) mass is 259 g/mol. The van der Waals surface area contributed by atoms with Crippen LogP contribution in [0.15, 0.2) is 24.3 Å². The summed E-state index contributed by atoms with van der Waals surface area (Å²) in [5.74, 6) is 1.73. The molecule has 0 unspecified atom stereocenters. The SMILES string of the molecule is CC(C)CCc1ccc(CN2CCC(C)CC2)cc1. The molecule has 1 fully saturated rings. The van der Waals surface area contributed by atoms with Gasteiger partial charge in [0.15, 0.2) is 0 Å².